The van der Waals surface area contributed by atoms with Crippen LogP contribution >= 0.6 is 0 Å². The third-order valence-electron chi connectivity index (χ3n) is 2.92. The van der Waals surface area contributed by atoms with E-state index in [4.69, 9.17) is 0 Å². The molecule has 2 aromatic rings. The largest absolute Gasteiger partial charge is 0.338 e. The summed E-state index contributed by atoms with van der Waals surface area (Å²) in [5.41, 5.74) is -1.16. The highest BCUT2D eigenvalue weighted by Crippen LogP contribution is 2.27. The average molecular weight is 339 g/mol. The van der Waals surface area contributed by atoms with Crippen LogP contribution in [0.2, 0.25) is 0 Å². The van der Waals surface area contributed by atoms with Crippen molar-refractivity contribution in [2.24, 2.45) is 0 Å². The van der Waals surface area contributed by atoms with Crippen LogP contribution in [0.4, 0.5) is 5.69 Å². The second-order valence-corrected chi connectivity index (χ2v) is 6.48. The van der Waals surface area contributed by atoms with Crippen LogP contribution in [-0.2, 0) is 14.6 Å². The standard InChI is InChI=1S/C12H9N3O7S/c1-23(20,21)7-2-3-8(10(4-7)15(18)19)11(17)9(5-16)12-13-6-14-22-12/h2-6,9H,1H3. The molecular formula is C12H9N3O7S. The number of hydrogen-bond acceptors (Lipinski definition) is 9. The lowest BCUT2D eigenvalue weighted by atomic mass is 9.97. The molecule has 0 saturated heterocycles. The average Bonchev–Trinajstić information content (AvgIpc) is 3.00. The van der Waals surface area contributed by atoms with Crippen molar-refractivity contribution in [3.8, 4) is 0 Å². The Balaban J connectivity index is 2.56. The number of aromatic nitrogens is 2. The molecule has 1 aromatic carbocycles. The number of aldehydes is 1. The van der Waals surface area contributed by atoms with Gasteiger partial charge in [-0.1, -0.05) is 5.16 Å². The van der Waals surface area contributed by atoms with E-state index < -0.39 is 37.7 Å². The summed E-state index contributed by atoms with van der Waals surface area (Å²) in [5.74, 6) is -2.78. The highest BCUT2D eigenvalue weighted by Gasteiger charge is 2.32. The number of nitrogens with zero attached hydrogens (tertiary/aromatic N) is 3. The highest BCUT2D eigenvalue weighted by molar-refractivity contribution is 7.90. The van der Waals surface area contributed by atoms with Gasteiger partial charge in [-0.3, -0.25) is 14.9 Å². The first-order valence-corrected chi connectivity index (χ1v) is 7.89. The van der Waals surface area contributed by atoms with Gasteiger partial charge in [-0.2, -0.15) is 4.98 Å². The van der Waals surface area contributed by atoms with Gasteiger partial charge in [0.15, 0.2) is 27.9 Å². The van der Waals surface area contributed by atoms with Crippen molar-refractivity contribution >= 4 is 27.6 Å². The van der Waals surface area contributed by atoms with Crippen LogP contribution in [-0.4, -0.2) is 41.8 Å². The Morgan fingerprint density at radius 3 is 2.61 bits per heavy atom. The van der Waals surface area contributed by atoms with Gasteiger partial charge < -0.3 is 9.32 Å². The molecule has 0 radical (unpaired) electrons. The molecule has 10 nitrogen and oxygen atoms in total. The molecule has 0 aliphatic rings. The Bertz CT molecular complexity index is 874. The summed E-state index contributed by atoms with van der Waals surface area (Å²) in [6.07, 6.45) is 2.06. The maximum atomic E-state index is 12.3. The van der Waals surface area contributed by atoms with E-state index in [-0.39, 0.29) is 17.1 Å². The summed E-state index contributed by atoms with van der Waals surface area (Å²) in [7, 11) is -3.70. The van der Waals surface area contributed by atoms with Crippen molar-refractivity contribution in [1.82, 2.24) is 10.1 Å². The van der Waals surface area contributed by atoms with Crippen molar-refractivity contribution in [2.75, 3.05) is 6.26 Å². The zero-order chi connectivity index (χ0) is 17.2. The van der Waals surface area contributed by atoms with E-state index in [0.717, 1.165) is 30.8 Å². The molecule has 11 heteroatoms. The molecule has 0 fully saturated rings. The number of ketones is 1. The van der Waals surface area contributed by atoms with E-state index in [1.54, 1.807) is 0 Å². The zero-order valence-electron chi connectivity index (χ0n) is 11.6. The van der Waals surface area contributed by atoms with Crippen LogP contribution < -0.4 is 0 Å². The van der Waals surface area contributed by atoms with Crippen molar-refractivity contribution < 1.29 is 27.5 Å². The van der Waals surface area contributed by atoms with Gasteiger partial charge in [0.05, 0.1) is 15.4 Å². The fourth-order valence-corrected chi connectivity index (χ4v) is 2.46. The smallest absolute Gasteiger partial charge is 0.281 e. The SMILES string of the molecule is CS(=O)(=O)c1ccc(C(=O)C(C=O)c2ncno2)c([N+](=O)[O-])c1. The Morgan fingerprint density at radius 1 is 1.43 bits per heavy atom. The van der Waals surface area contributed by atoms with Crippen LogP contribution in [0.5, 0.6) is 0 Å². The molecule has 2 rings (SSSR count). The quantitative estimate of drug-likeness (QED) is 0.241. The normalized spacial score (nSPS) is 12.6. The van der Waals surface area contributed by atoms with Crippen molar-refractivity contribution in [3.05, 3.63) is 46.1 Å². The van der Waals surface area contributed by atoms with Gasteiger partial charge in [-0.05, 0) is 12.1 Å². The van der Waals surface area contributed by atoms with Gasteiger partial charge in [0, 0.05) is 12.3 Å². The van der Waals surface area contributed by atoms with Crippen LogP contribution in [0, 0.1) is 10.1 Å². The number of rotatable bonds is 6. The minimum atomic E-state index is -3.70. The molecule has 0 aliphatic heterocycles. The fourth-order valence-electron chi connectivity index (χ4n) is 1.82. The Hall–Kier alpha value is -2.95. The molecule has 0 amide bonds. The van der Waals surface area contributed by atoms with E-state index in [0.29, 0.717) is 0 Å². The summed E-state index contributed by atoms with van der Waals surface area (Å²) < 4.78 is 27.6. The first kappa shape index (κ1) is 16.4. The predicted octanol–water partition coefficient (Wildman–Crippen LogP) is 0.547. The number of carbonyl (C=O) groups excluding carboxylic acids is 2. The fraction of sp³-hybridized carbons (Fsp3) is 0.167. The Morgan fingerprint density at radius 2 is 2.13 bits per heavy atom. The molecule has 0 aliphatic carbocycles. The molecule has 120 valence electrons. The number of nitro groups is 1. The van der Waals surface area contributed by atoms with E-state index in [1.807, 2.05) is 0 Å². The maximum Gasteiger partial charge on any atom is 0.281 e. The maximum absolute atomic E-state index is 12.3. The van der Waals surface area contributed by atoms with Gasteiger partial charge in [0.2, 0.25) is 5.89 Å². The van der Waals surface area contributed by atoms with E-state index >= 15 is 0 Å². The summed E-state index contributed by atoms with van der Waals surface area (Å²) in [6.45, 7) is 0. The molecule has 0 spiro atoms. The molecule has 1 unspecified atom stereocenters. The van der Waals surface area contributed by atoms with Crippen LogP contribution in [0.3, 0.4) is 0 Å². The van der Waals surface area contributed by atoms with Gasteiger partial charge in [-0.25, -0.2) is 8.42 Å². The Kier molecular flexibility index (Phi) is 4.31. The van der Waals surface area contributed by atoms with Crippen molar-refractivity contribution in [3.63, 3.8) is 0 Å². The van der Waals surface area contributed by atoms with Crippen LogP contribution in [0.1, 0.15) is 22.2 Å². The molecule has 1 aromatic heterocycles. The lowest BCUT2D eigenvalue weighted by Gasteiger charge is -2.07. The second-order valence-electron chi connectivity index (χ2n) is 4.47. The molecule has 0 saturated carbocycles. The van der Waals surface area contributed by atoms with E-state index in [2.05, 4.69) is 14.7 Å². The molecule has 0 bridgehead atoms. The lowest BCUT2D eigenvalue weighted by molar-refractivity contribution is -0.385. The minimum Gasteiger partial charge on any atom is -0.338 e. The number of sulfone groups is 1. The van der Waals surface area contributed by atoms with E-state index in [1.165, 1.54) is 0 Å². The number of carbonyl (C=O) groups is 2. The monoisotopic (exact) mass is 339 g/mol. The first-order valence-electron chi connectivity index (χ1n) is 6.00. The number of Topliss-reactive ketones (excluding diaryl/α,β-unsaturated/α-hetero) is 1. The lowest BCUT2D eigenvalue weighted by Crippen LogP contribution is -2.16. The van der Waals surface area contributed by atoms with Crippen molar-refractivity contribution in [2.45, 2.75) is 10.8 Å². The molecule has 0 N–H and O–H groups in total. The zero-order valence-corrected chi connectivity index (χ0v) is 12.4. The van der Waals surface area contributed by atoms with Crippen molar-refractivity contribution in [1.29, 1.82) is 0 Å². The molecule has 1 atom stereocenters. The predicted molar refractivity (Wildman–Crippen MR) is 73.6 cm³/mol. The second kappa shape index (κ2) is 6.04. The number of nitro benzene ring substituents is 1. The summed E-state index contributed by atoms with van der Waals surface area (Å²) >= 11 is 0. The first-order chi connectivity index (χ1) is 10.8. The van der Waals surface area contributed by atoms with Gasteiger partial charge in [-0.15, -0.1) is 0 Å². The Labute approximate surface area is 129 Å². The molecular weight excluding hydrogens is 330 g/mol. The minimum absolute atomic E-state index is 0.212. The highest BCUT2D eigenvalue weighted by atomic mass is 32.2. The van der Waals surface area contributed by atoms with Gasteiger partial charge in [0.1, 0.15) is 6.29 Å². The third kappa shape index (κ3) is 3.29. The summed E-state index contributed by atoms with van der Waals surface area (Å²) in [4.78, 5) is 36.9. The van der Waals surface area contributed by atoms with Gasteiger partial charge >= 0.3 is 0 Å². The number of benzene rings is 1. The van der Waals surface area contributed by atoms with E-state index in [9.17, 15) is 28.1 Å². The summed E-state index contributed by atoms with van der Waals surface area (Å²) in [6, 6.07) is 2.78. The van der Waals surface area contributed by atoms with Crippen LogP contribution in [0.25, 0.3) is 0 Å². The summed E-state index contributed by atoms with van der Waals surface area (Å²) in [5, 5.41) is 14.4. The van der Waals surface area contributed by atoms with Gasteiger partial charge in [0.25, 0.3) is 5.69 Å². The van der Waals surface area contributed by atoms with Crippen LogP contribution in [0.15, 0.2) is 33.9 Å². The molecule has 23 heavy (non-hydrogen) atoms. The number of hydrogen-bond donors (Lipinski definition) is 0. The third-order valence-corrected chi connectivity index (χ3v) is 4.03. The molecule has 1 heterocycles. The topological polar surface area (TPSA) is 150 Å².